The van der Waals surface area contributed by atoms with Crippen LogP contribution >= 0.6 is 0 Å². The summed E-state index contributed by atoms with van der Waals surface area (Å²) in [5.41, 5.74) is 4.97. The molecule has 2 rings (SSSR count). The Bertz CT molecular complexity index is 791. The molecule has 2 aromatic carbocycles. The molecular weight excluding hydrogens is 340 g/mol. The zero-order chi connectivity index (χ0) is 19.1. The highest BCUT2D eigenvalue weighted by atomic mass is 16.4. The van der Waals surface area contributed by atoms with E-state index in [1.807, 2.05) is 0 Å². The van der Waals surface area contributed by atoms with Crippen LogP contribution in [0, 0.1) is 0 Å². The van der Waals surface area contributed by atoms with Crippen molar-refractivity contribution in [3.05, 3.63) is 70.8 Å². The number of aromatic carboxylic acids is 2. The van der Waals surface area contributed by atoms with E-state index in [0.29, 0.717) is 0 Å². The highest BCUT2D eigenvalue weighted by molar-refractivity contribution is 6.07. The van der Waals surface area contributed by atoms with Crippen LogP contribution in [0.25, 0.3) is 0 Å². The number of hydrogen-bond donors (Lipinski definition) is 4. The lowest BCUT2D eigenvalue weighted by Gasteiger charge is -2.09. The number of carboxylic acid groups (broad SMARTS) is 2. The third-order valence-electron chi connectivity index (χ3n) is 3.54. The standard InChI is InChI=1S/C18H16N2O6/c21-15(11-5-1-3-7-13(11)17(23)24)9-19-20-10-16(22)12-6-2-4-8-14(12)18(25)26/h1-8,19-20H,9-10H2,(H,23,24)(H,25,26). The number of hydrazine groups is 1. The van der Waals surface area contributed by atoms with Gasteiger partial charge in [-0.15, -0.1) is 0 Å². The Labute approximate surface area is 148 Å². The number of benzene rings is 2. The first-order valence-corrected chi connectivity index (χ1v) is 7.58. The van der Waals surface area contributed by atoms with Gasteiger partial charge in [-0.1, -0.05) is 36.4 Å². The van der Waals surface area contributed by atoms with Crippen LogP contribution in [0.1, 0.15) is 41.4 Å². The van der Waals surface area contributed by atoms with Gasteiger partial charge in [-0.05, 0) is 12.1 Å². The van der Waals surface area contributed by atoms with Crippen LogP contribution in [0.3, 0.4) is 0 Å². The first kappa shape index (κ1) is 19.0. The maximum atomic E-state index is 12.1. The Hall–Kier alpha value is -3.36. The number of nitrogens with one attached hydrogen (secondary N) is 2. The molecule has 134 valence electrons. The van der Waals surface area contributed by atoms with Gasteiger partial charge >= 0.3 is 11.9 Å². The van der Waals surface area contributed by atoms with Gasteiger partial charge in [0.25, 0.3) is 0 Å². The summed E-state index contributed by atoms with van der Waals surface area (Å²) < 4.78 is 0. The summed E-state index contributed by atoms with van der Waals surface area (Å²) in [6.45, 7) is -0.476. The normalized spacial score (nSPS) is 10.3. The van der Waals surface area contributed by atoms with Crippen molar-refractivity contribution < 1.29 is 29.4 Å². The van der Waals surface area contributed by atoms with Crippen molar-refractivity contribution in [1.82, 2.24) is 10.9 Å². The lowest BCUT2D eigenvalue weighted by Crippen LogP contribution is -2.39. The molecule has 0 unspecified atom stereocenters. The van der Waals surface area contributed by atoms with Crippen molar-refractivity contribution in [3.63, 3.8) is 0 Å². The number of carboxylic acids is 2. The van der Waals surface area contributed by atoms with E-state index in [1.54, 1.807) is 12.1 Å². The summed E-state index contributed by atoms with van der Waals surface area (Å²) in [4.78, 5) is 46.4. The van der Waals surface area contributed by atoms with Crippen LogP contribution in [0.4, 0.5) is 0 Å². The van der Waals surface area contributed by atoms with Gasteiger partial charge in [0.05, 0.1) is 24.2 Å². The average Bonchev–Trinajstić information content (AvgIpc) is 2.64. The average molecular weight is 356 g/mol. The second kappa shape index (κ2) is 8.65. The van der Waals surface area contributed by atoms with Crippen LogP contribution in [-0.2, 0) is 0 Å². The Balaban J connectivity index is 1.91. The molecule has 0 atom stereocenters. The van der Waals surface area contributed by atoms with E-state index in [-0.39, 0.29) is 35.3 Å². The second-order valence-corrected chi connectivity index (χ2v) is 5.25. The third-order valence-corrected chi connectivity index (χ3v) is 3.54. The molecule has 0 heterocycles. The lowest BCUT2D eigenvalue weighted by molar-refractivity contribution is 0.0683. The van der Waals surface area contributed by atoms with Crippen molar-refractivity contribution >= 4 is 23.5 Å². The molecule has 2 aromatic rings. The van der Waals surface area contributed by atoms with E-state index < -0.39 is 23.5 Å². The molecule has 0 bridgehead atoms. The summed E-state index contributed by atoms with van der Waals surface area (Å²) in [5, 5.41) is 18.1. The first-order valence-electron chi connectivity index (χ1n) is 7.58. The predicted octanol–water partition coefficient (Wildman–Crippen LogP) is 1.24. The minimum atomic E-state index is -1.21. The van der Waals surface area contributed by atoms with Gasteiger partial charge in [0.15, 0.2) is 11.6 Å². The summed E-state index contributed by atoms with van der Waals surface area (Å²) in [5.74, 6) is -3.34. The number of rotatable bonds is 9. The number of hydrogen-bond acceptors (Lipinski definition) is 6. The zero-order valence-electron chi connectivity index (χ0n) is 13.6. The summed E-state index contributed by atoms with van der Waals surface area (Å²) >= 11 is 0. The lowest BCUT2D eigenvalue weighted by atomic mass is 10.0. The maximum Gasteiger partial charge on any atom is 0.336 e. The Kier molecular flexibility index (Phi) is 6.31. The number of carbonyl (C=O) groups is 4. The molecule has 0 fully saturated rings. The fourth-order valence-corrected chi connectivity index (χ4v) is 2.30. The molecule has 0 spiro atoms. The quantitative estimate of drug-likeness (QED) is 0.300. The largest absolute Gasteiger partial charge is 0.478 e. The van der Waals surface area contributed by atoms with E-state index in [1.165, 1.54) is 36.4 Å². The number of carbonyl (C=O) groups excluding carboxylic acids is 2. The highest BCUT2D eigenvalue weighted by Gasteiger charge is 2.17. The minimum Gasteiger partial charge on any atom is -0.478 e. The third kappa shape index (κ3) is 4.59. The van der Waals surface area contributed by atoms with Crippen molar-refractivity contribution in [2.24, 2.45) is 0 Å². The van der Waals surface area contributed by atoms with E-state index >= 15 is 0 Å². The molecule has 8 heteroatoms. The highest BCUT2D eigenvalue weighted by Crippen LogP contribution is 2.10. The molecule has 0 aromatic heterocycles. The fraction of sp³-hybridized carbons (Fsp3) is 0.111. The molecule has 0 radical (unpaired) electrons. The van der Waals surface area contributed by atoms with Crippen LogP contribution in [0.2, 0.25) is 0 Å². The molecule has 0 saturated heterocycles. The summed E-state index contributed by atoms with van der Waals surface area (Å²) in [7, 11) is 0. The van der Waals surface area contributed by atoms with Crippen LogP contribution in [0.15, 0.2) is 48.5 Å². The first-order chi connectivity index (χ1) is 12.4. The maximum absolute atomic E-state index is 12.1. The molecule has 26 heavy (non-hydrogen) atoms. The van der Waals surface area contributed by atoms with Crippen molar-refractivity contribution in [2.75, 3.05) is 13.1 Å². The van der Waals surface area contributed by atoms with Gasteiger partial charge in [0, 0.05) is 11.1 Å². The van der Waals surface area contributed by atoms with Crippen molar-refractivity contribution in [3.8, 4) is 0 Å². The zero-order valence-corrected chi connectivity index (χ0v) is 13.6. The van der Waals surface area contributed by atoms with Gasteiger partial charge in [0.1, 0.15) is 0 Å². The van der Waals surface area contributed by atoms with Crippen LogP contribution in [0.5, 0.6) is 0 Å². The van der Waals surface area contributed by atoms with Crippen LogP contribution in [-0.4, -0.2) is 46.8 Å². The predicted molar refractivity (Wildman–Crippen MR) is 91.5 cm³/mol. The van der Waals surface area contributed by atoms with E-state index in [4.69, 9.17) is 10.2 Å². The van der Waals surface area contributed by atoms with Gasteiger partial charge in [-0.25, -0.2) is 20.4 Å². The molecular formula is C18H16N2O6. The van der Waals surface area contributed by atoms with E-state index in [0.717, 1.165) is 0 Å². The molecule has 4 N–H and O–H groups in total. The number of Topliss-reactive ketones (excluding diaryl/α,β-unsaturated/α-hetero) is 2. The van der Waals surface area contributed by atoms with Gasteiger partial charge in [-0.3, -0.25) is 9.59 Å². The van der Waals surface area contributed by atoms with Gasteiger partial charge in [0.2, 0.25) is 0 Å². The Morgan fingerprint density at radius 2 is 0.923 bits per heavy atom. The van der Waals surface area contributed by atoms with Gasteiger partial charge in [-0.2, -0.15) is 0 Å². The Morgan fingerprint density at radius 3 is 1.23 bits per heavy atom. The Morgan fingerprint density at radius 1 is 0.615 bits per heavy atom. The molecule has 0 aliphatic heterocycles. The molecule has 0 saturated carbocycles. The molecule has 0 amide bonds. The van der Waals surface area contributed by atoms with Crippen LogP contribution < -0.4 is 10.9 Å². The topological polar surface area (TPSA) is 133 Å². The summed E-state index contributed by atoms with van der Waals surface area (Å²) in [6, 6.07) is 11.6. The smallest absolute Gasteiger partial charge is 0.336 e. The van der Waals surface area contributed by atoms with E-state index in [2.05, 4.69) is 10.9 Å². The SMILES string of the molecule is O=C(O)c1ccccc1C(=O)CNNCC(=O)c1ccccc1C(=O)O. The van der Waals surface area contributed by atoms with Gasteiger partial charge < -0.3 is 10.2 Å². The molecule has 8 nitrogen and oxygen atoms in total. The molecule has 0 aliphatic carbocycles. The summed E-state index contributed by atoms with van der Waals surface area (Å²) in [6.07, 6.45) is 0. The minimum absolute atomic E-state index is 0.0526. The van der Waals surface area contributed by atoms with Crippen molar-refractivity contribution in [2.45, 2.75) is 0 Å². The fourth-order valence-electron chi connectivity index (χ4n) is 2.30. The molecule has 0 aliphatic rings. The monoisotopic (exact) mass is 356 g/mol. The van der Waals surface area contributed by atoms with Crippen molar-refractivity contribution in [1.29, 1.82) is 0 Å². The van der Waals surface area contributed by atoms with E-state index in [9.17, 15) is 19.2 Å². The second-order valence-electron chi connectivity index (χ2n) is 5.25. The number of ketones is 2.